The molecule has 4 nitrogen and oxygen atoms in total. The molecule has 0 spiro atoms. The van der Waals surface area contributed by atoms with E-state index >= 15 is 0 Å². The van der Waals surface area contributed by atoms with Crippen LogP contribution in [0.25, 0.3) is 0 Å². The van der Waals surface area contributed by atoms with Gasteiger partial charge in [-0.3, -0.25) is 0 Å². The Kier molecular flexibility index (Phi) is 5.04. The van der Waals surface area contributed by atoms with Gasteiger partial charge in [-0.1, -0.05) is 24.3 Å². The highest BCUT2D eigenvalue weighted by Gasteiger charge is 2.28. The molecule has 1 aromatic carbocycles. The predicted octanol–water partition coefficient (Wildman–Crippen LogP) is 1.77. The predicted molar refractivity (Wildman–Crippen MR) is 84.2 cm³/mol. The largest absolute Gasteiger partial charge is 0.320 e. The van der Waals surface area contributed by atoms with Gasteiger partial charge in [0.1, 0.15) is 0 Å². The van der Waals surface area contributed by atoms with Crippen LogP contribution in [0.1, 0.15) is 37.3 Å². The van der Waals surface area contributed by atoms with Crippen LogP contribution < -0.4 is 10.5 Å². The van der Waals surface area contributed by atoms with Gasteiger partial charge in [0.15, 0.2) is 0 Å². The van der Waals surface area contributed by atoms with Crippen molar-refractivity contribution in [3.05, 3.63) is 29.3 Å². The molecule has 0 amide bonds. The monoisotopic (exact) mass is 306 g/mol. The zero-order chi connectivity index (χ0) is 15.5. The Bertz CT molecular complexity index is 667. The quantitative estimate of drug-likeness (QED) is 0.833. The van der Waals surface area contributed by atoms with Gasteiger partial charge in [-0.2, -0.15) is 0 Å². The van der Waals surface area contributed by atoms with Gasteiger partial charge >= 0.3 is 0 Å². The summed E-state index contributed by atoms with van der Waals surface area (Å²) in [6.45, 7) is 3.99. The maximum absolute atomic E-state index is 12.5. The minimum atomic E-state index is -3.51. The summed E-state index contributed by atoms with van der Waals surface area (Å²) in [4.78, 5) is 0.303. The minimum Gasteiger partial charge on any atom is -0.320 e. The first-order valence-electron chi connectivity index (χ1n) is 7.26. The molecule has 1 atom stereocenters. The number of benzene rings is 1. The minimum absolute atomic E-state index is 0.0260. The van der Waals surface area contributed by atoms with E-state index in [1.807, 2.05) is 13.0 Å². The highest BCUT2D eigenvalue weighted by atomic mass is 32.2. The van der Waals surface area contributed by atoms with Crippen molar-refractivity contribution < 1.29 is 8.42 Å². The lowest BCUT2D eigenvalue weighted by molar-refractivity contribution is 0.260. The number of hydrogen-bond acceptors (Lipinski definition) is 3. The molecule has 3 N–H and O–H groups in total. The summed E-state index contributed by atoms with van der Waals surface area (Å²) in [6, 6.07) is 5.19. The molecule has 0 aliphatic heterocycles. The number of hydrogen-bond donors (Lipinski definition) is 2. The molecule has 1 saturated carbocycles. The SMILES string of the molecule is Cc1ccc(C#CCN)cc1S(=O)(=O)NC(C)C1CCC1. The van der Waals surface area contributed by atoms with Crippen molar-refractivity contribution >= 4 is 10.0 Å². The van der Waals surface area contributed by atoms with E-state index < -0.39 is 10.0 Å². The van der Waals surface area contributed by atoms with E-state index in [0.29, 0.717) is 16.4 Å². The zero-order valence-corrected chi connectivity index (χ0v) is 13.3. The first-order chi connectivity index (χ1) is 9.94. The lowest BCUT2D eigenvalue weighted by Crippen LogP contribution is -2.40. The van der Waals surface area contributed by atoms with E-state index in [1.54, 1.807) is 19.1 Å². The maximum Gasteiger partial charge on any atom is 0.241 e. The lowest BCUT2D eigenvalue weighted by atomic mass is 9.81. The third-order valence-electron chi connectivity index (χ3n) is 4.01. The van der Waals surface area contributed by atoms with Crippen LogP contribution in [0, 0.1) is 24.7 Å². The third kappa shape index (κ3) is 3.85. The second kappa shape index (κ2) is 6.61. The molecule has 114 valence electrons. The van der Waals surface area contributed by atoms with Gasteiger partial charge in [0.05, 0.1) is 11.4 Å². The van der Waals surface area contributed by atoms with Crippen LogP contribution in [-0.4, -0.2) is 21.0 Å². The molecule has 21 heavy (non-hydrogen) atoms. The highest BCUT2D eigenvalue weighted by molar-refractivity contribution is 7.89. The van der Waals surface area contributed by atoms with Crippen LogP contribution in [0.4, 0.5) is 0 Å². The van der Waals surface area contributed by atoms with Crippen LogP contribution >= 0.6 is 0 Å². The Hall–Kier alpha value is -1.35. The van der Waals surface area contributed by atoms with Gasteiger partial charge in [-0.25, -0.2) is 13.1 Å². The van der Waals surface area contributed by atoms with Crippen molar-refractivity contribution in [2.75, 3.05) is 6.54 Å². The number of nitrogens with two attached hydrogens (primary N) is 1. The first kappa shape index (κ1) is 16.0. The number of aryl methyl sites for hydroxylation is 1. The Morgan fingerprint density at radius 2 is 2.14 bits per heavy atom. The normalized spacial score (nSPS) is 16.7. The number of sulfonamides is 1. The standard InChI is InChI=1S/C16H22N2O2S/c1-12-8-9-14(5-4-10-17)11-16(12)21(19,20)18-13(2)15-6-3-7-15/h8-9,11,13,15,18H,3,6-7,10,17H2,1-2H3. The summed E-state index contributed by atoms with van der Waals surface area (Å²) in [5, 5.41) is 0. The molecule has 1 unspecified atom stereocenters. The average molecular weight is 306 g/mol. The molecule has 2 rings (SSSR count). The van der Waals surface area contributed by atoms with Crippen LogP contribution in [-0.2, 0) is 10.0 Å². The Balaban J connectivity index is 2.25. The smallest absolute Gasteiger partial charge is 0.241 e. The second-order valence-electron chi connectivity index (χ2n) is 5.59. The van der Waals surface area contributed by atoms with E-state index in [0.717, 1.165) is 18.4 Å². The summed E-state index contributed by atoms with van der Waals surface area (Å²) in [5.41, 5.74) is 6.74. The van der Waals surface area contributed by atoms with Crippen LogP contribution in [0.3, 0.4) is 0 Å². The molecule has 0 saturated heterocycles. The third-order valence-corrected chi connectivity index (χ3v) is 5.71. The van der Waals surface area contributed by atoms with E-state index in [-0.39, 0.29) is 12.6 Å². The molecule has 1 fully saturated rings. The van der Waals surface area contributed by atoms with Crippen molar-refractivity contribution in [2.45, 2.75) is 44.0 Å². The number of rotatable bonds is 4. The van der Waals surface area contributed by atoms with E-state index in [1.165, 1.54) is 6.42 Å². The van der Waals surface area contributed by atoms with Gasteiger partial charge in [0, 0.05) is 11.6 Å². The van der Waals surface area contributed by atoms with Gasteiger partial charge < -0.3 is 5.73 Å². The van der Waals surface area contributed by atoms with Crippen molar-refractivity contribution in [3.63, 3.8) is 0 Å². The summed E-state index contributed by atoms with van der Waals surface area (Å²) in [7, 11) is -3.51. The maximum atomic E-state index is 12.5. The van der Waals surface area contributed by atoms with Gasteiger partial charge in [0.2, 0.25) is 10.0 Å². The van der Waals surface area contributed by atoms with Crippen LogP contribution in [0.2, 0.25) is 0 Å². The Labute approximate surface area is 127 Å². The van der Waals surface area contributed by atoms with Crippen LogP contribution in [0.5, 0.6) is 0 Å². The Morgan fingerprint density at radius 3 is 2.71 bits per heavy atom. The van der Waals surface area contributed by atoms with E-state index in [2.05, 4.69) is 16.6 Å². The fourth-order valence-corrected chi connectivity index (χ4v) is 4.05. The fraction of sp³-hybridized carbons (Fsp3) is 0.500. The van der Waals surface area contributed by atoms with Crippen molar-refractivity contribution in [1.82, 2.24) is 4.72 Å². The molecule has 1 aliphatic carbocycles. The summed E-state index contributed by atoms with van der Waals surface area (Å²) < 4.78 is 27.9. The molecule has 1 aliphatic rings. The van der Waals surface area contributed by atoms with Crippen molar-refractivity contribution in [3.8, 4) is 11.8 Å². The number of nitrogens with one attached hydrogen (secondary N) is 1. The average Bonchev–Trinajstić information content (AvgIpc) is 2.34. The van der Waals surface area contributed by atoms with Gasteiger partial charge in [-0.05, 0) is 50.3 Å². The lowest BCUT2D eigenvalue weighted by Gasteiger charge is -2.31. The molecule has 0 radical (unpaired) electrons. The highest BCUT2D eigenvalue weighted by Crippen LogP contribution is 2.30. The van der Waals surface area contributed by atoms with Gasteiger partial charge in [-0.15, -0.1) is 0 Å². The molecular formula is C16H22N2O2S. The molecule has 5 heteroatoms. The molecule has 0 bridgehead atoms. The first-order valence-corrected chi connectivity index (χ1v) is 8.74. The zero-order valence-electron chi connectivity index (χ0n) is 12.5. The van der Waals surface area contributed by atoms with E-state index in [4.69, 9.17) is 5.73 Å². The summed E-state index contributed by atoms with van der Waals surface area (Å²) >= 11 is 0. The molecule has 0 aromatic heterocycles. The second-order valence-corrected chi connectivity index (χ2v) is 7.27. The van der Waals surface area contributed by atoms with Crippen molar-refractivity contribution in [1.29, 1.82) is 0 Å². The fourth-order valence-electron chi connectivity index (χ4n) is 2.46. The van der Waals surface area contributed by atoms with Crippen molar-refractivity contribution in [2.24, 2.45) is 11.7 Å². The summed E-state index contributed by atoms with van der Waals surface area (Å²) in [6.07, 6.45) is 3.40. The van der Waals surface area contributed by atoms with E-state index in [9.17, 15) is 8.42 Å². The summed E-state index contributed by atoms with van der Waals surface area (Å²) in [5.74, 6) is 6.08. The Morgan fingerprint density at radius 1 is 1.43 bits per heavy atom. The molecular weight excluding hydrogens is 284 g/mol. The topological polar surface area (TPSA) is 72.2 Å². The molecule has 1 aromatic rings. The van der Waals surface area contributed by atoms with Gasteiger partial charge in [0.25, 0.3) is 0 Å². The molecule has 0 heterocycles. The van der Waals surface area contributed by atoms with Crippen LogP contribution in [0.15, 0.2) is 23.1 Å².